The predicted octanol–water partition coefficient (Wildman–Crippen LogP) is 1.46. The molecule has 1 heterocycles. The monoisotopic (exact) mass is 337 g/mol. The van der Waals surface area contributed by atoms with Gasteiger partial charge in [-0.05, 0) is 12.0 Å². The molecule has 7 nitrogen and oxygen atoms in total. The van der Waals surface area contributed by atoms with Gasteiger partial charge in [0.25, 0.3) is 0 Å². The zero-order valence-electron chi connectivity index (χ0n) is 12.7. The number of sulfonamides is 1. The van der Waals surface area contributed by atoms with Gasteiger partial charge in [-0.3, -0.25) is 9.48 Å². The first-order valence-corrected chi connectivity index (χ1v) is 8.72. The van der Waals surface area contributed by atoms with Gasteiger partial charge in [-0.1, -0.05) is 43.7 Å². The third kappa shape index (κ3) is 4.64. The number of carboxylic acid groups (broad SMARTS) is 1. The lowest BCUT2D eigenvalue weighted by Gasteiger charge is -2.12. The van der Waals surface area contributed by atoms with Crippen LogP contribution >= 0.6 is 0 Å². The molecule has 0 bridgehead atoms. The predicted molar refractivity (Wildman–Crippen MR) is 84.4 cm³/mol. The van der Waals surface area contributed by atoms with E-state index < -0.39 is 22.0 Å². The molecular formula is C15H19N3O4S. The highest BCUT2D eigenvalue weighted by Gasteiger charge is 2.25. The summed E-state index contributed by atoms with van der Waals surface area (Å²) in [5.41, 5.74) is 0.988. The Morgan fingerprint density at radius 2 is 2.04 bits per heavy atom. The lowest BCUT2D eigenvalue weighted by Crippen LogP contribution is -2.40. The topological polar surface area (TPSA) is 101 Å². The Bertz CT molecular complexity index is 756. The Balaban J connectivity index is 2.13. The normalized spacial score (nSPS) is 12.9. The molecule has 1 aromatic heterocycles. The third-order valence-corrected chi connectivity index (χ3v) is 4.71. The van der Waals surface area contributed by atoms with Crippen LogP contribution in [0, 0.1) is 0 Å². The summed E-state index contributed by atoms with van der Waals surface area (Å²) in [6.45, 7) is 2.23. The van der Waals surface area contributed by atoms with Crippen LogP contribution in [0.5, 0.6) is 0 Å². The molecule has 0 aliphatic heterocycles. The molecule has 1 unspecified atom stereocenters. The van der Waals surface area contributed by atoms with Crippen LogP contribution in [0.4, 0.5) is 0 Å². The van der Waals surface area contributed by atoms with Crippen LogP contribution in [0.3, 0.4) is 0 Å². The lowest BCUT2D eigenvalue weighted by atomic mass is 10.2. The maximum Gasteiger partial charge on any atom is 0.321 e. The fraction of sp³-hybridized carbons (Fsp3) is 0.333. The van der Waals surface area contributed by atoms with Gasteiger partial charge in [0.05, 0.1) is 12.7 Å². The summed E-state index contributed by atoms with van der Waals surface area (Å²) in [6, 6.07) is 8.36. The Morgan fingerprint density at radius 1 is 1.35 bits per heavy atom. The van der Waals surface area contributed by atoms with Gasteiger partial charge in [-0.15, -0.1) is 0 Å². The van der Waals surface area contributed by atoms with Crippen LogP contribution in [0.1, 0.15) is 25.3 Å². The van der Waals surface area contributed by atoms with Crippen LogP contribution in [0.25, 0.3) is 0 Å². The molecule has 2 N–H and O–H groups in total. The Morgan fingerprint density at radius 3 is 2.65 bits per heavy atom. The fourth-order valence-corrected chi connectivity index (χ4v) is 3.29. The van der Waals surface area contributed by atoms with E-state index in [0.717, 1.165) is 5.56 Å². The average molecular weight is 337 g/mol. The maximum atomic E-state index is 12.3. The number of hydrogen-bond acceptors (Lipinski definition) is 4. The summed E-state index contributed by atoms with van der Waals surface area (Å²) in [4.78, 5) is 11.1. The minimum absolute atomic E-state index is 0.0456. The number of nitrogens with zero attached hydrogens (tertiary/aromatic N) is 2. The van der Waals surface area contributed by atoms with Gasteiger partial charge in [0.1, 0.15) is 10.9 Å². The van der Waals surface area contributed by atoms with Crippen molar-refractivity contribution in [2.75, 3.05) is 0 Å². The number of carboxylic acids is 1. The van der Waals surface area contributed by atoms with E-state index >= 15 is 0 Å². The number of carbonyl (C=O) groups is 1. The molecule has 2 aromatic rings. The number of aliphatic carboxylic acids is 1. The minimum Gasteiger partial charge on any atom is -0.480 e. The number of aromatic nitrogens is 2. The van der Waals surface area contributed by atoms with Gasteiger partial charge in [0.2, 0.25) is 10.0 Å². The number of rotatable bonds is 8. The first-order chi connectivity index (χ1) is 10.9. The number of benzene rings is 1. The second-order valence-corrected chi connectivity index (χ2v) is 6.87. The van der Waals surface area contributed by atoms with Crippen molar-refractivity contribution in [2.24, 2.45) is 0 Å². The molecule has 0 aliphatic rings. The Kier molecular flexibility index (Phi) is 5.51. The highest BCUT2D eigenvalue weighted by atomic mass is 32.2. The van der Waals surface area contributed by atoms with Crippen molar-refractivity contribution in [3.63, 3.8) is 0 Å². The van der Waals surface area contributed by atoms with Gasteiger partial charge in [0.15, 0.2) is 0 Å². The summed E-state index contributed by atoms with van der Waals surface area (Å²) in [5.74, 6) is -1.19. The number of hydrogen-bond donors (Lipinski definition) is 2. The van der Waals surface area contributed by atoms with E-state index in [1.54, 1.807) is 6.92 Å². The molecule has 0 amide bonds. The first-order valence-electron chi connectivity index (χ1n) is 7.24. The molecule has 1 atom stereocenters. The second kappa shape index (κ2) is 7.38. The molecule has 0 saturated carbocycles. The molecule has 8 heteroatoms. The first kappa shape index (κ1) is 17.2. The average Bonchev–Trinajstić information content (AvgIpc) is 2.97. The summed E-state index contributed by atoms with van der Waals surface area (Å²) < 4.78 is 28.2. The van der Waals surface area contributed by atoms with Gasteiger partial charge >= 0.3 is 5.97 Å². The van der Waals surface area contributed by atoms with Crippen molar-refractivity contribution in [3.05, 3.63) is 48.3 Å². The largest absolute Gasteiger partial charge is 0.480 e. The molecule has 23 heavy (non-hydrogen) atoms. The number of nitrogens with one attached hydrogen (secondary N) is 1. The van der Waals surface area contributed by atoms with E-state index in [-0.39, 0.29) is 11.3 Å². The zero-order chi connectivity index (χ0) is 16.9. The van der Waals surface area contributed by atoms with Crippen LogP contribution in [-0.2, 0) is 21.4 Å². The molecule has 0 saturated heterocycles. The molecule has 2 rings (SSSR count). The van der Waals surface area contributed by atoms with Crippen LogP contribution in [-0.4, -0.2) is 35.3 Å². The second-order valence-electron chi connectivity index (χ2n) is 5.16. The smallest absolute Gasteiger partial charge is 0.321 e. The quantitative estimate of drug-likeness (QED) is 0.759. The standard InChI is InChI=1S/C15H19N3O4S/c1-2-6-14(15(19)20)17-23(21,22)13-9-16-18(11-13)10-12-7-4-3-5-8-12/h3-5,7-9,11,14,17H,2,6,10H2,1H3,(H,19,20). The maximum absolute atomic E-state index is 12.3. The van der Waals surface area contributed by atoms with Crippen molar-refractivity contribution in [1.82, 2.24) is 14.5 Å². The molecule has 0 fully saturated rings. The molecule has 0 aliphatic carbocycles. The van der Waals surface area contributed by atoms with Crippen LogP contribution in [0.15, 0.2) is 47.6 Å². The van der Waals surface area contributed by atoms with E-state index in [0.29, 0.717) is 13.0 Å². The Labute approximate surface area is 135 Å². The van der Waals surface area contributed by atoms with E-state index in [1.807, 2.05) is 30.3 Å². The van der Waals surface area contributed by atoms with E-state index in [4.69, 9.17) is 5.11 Å². The van der Waals surface area contributed by atoms with Crippen LogP contribution < -0.4 is 4.72 Å². The minimum atomic E-state index is -3.91. The molecular weight excluding hydrogens is 318 g/mol. The van der Waals surface area contributed by atoms with Gasteiger partial charge in [-0.25, -0.2) is 8.42 Å². The summed E-state index contributed by atoms with van der Waals surface area (Å²) >= 11 is 0. The van der Waals surface area contributed by atoms with E-state index in [1.165, 1.54) is 17.1 Å². The van der Waals surface area contributed by atoms with Gasteiger partial charge in [-0.2, -0.15) is 9.82 Å². The van der Waals surface area contributed by atoms with E-state index in [9.17, 15) is 13.2 Å². The Hall–Kier alpha value is -2.19. The SMILES string of the molecule is CCCC(NS(=O)(=O)c1cnn(Cc2ccccc2)c1)C(=O)O. The highest BCUT2D eigenvalue weighted by molar-refractivity contribution is 7.89. The highest BCUT2D eigenvalue weighted by Crippen LogP contribution is 2.11. The van der Waals surface area contributed by atoms with Crippen molar-refractivity contribution >= 4 is 16.0 Å². The summed E-state index contributed by atoms with van der Waals surface area (Å²) in [6.07, 6.45) is 3.40. The van der Waals surface area contributed by atoms with Crippen molar-refractivity contribution in [2.45, 2.75) is 37.2 Å². The van der Waals surface area contributed by atoms with Crippen molar-refractivity contribution in [3.8, 4) is 0 Å². The van der Waals surface area contributed by atoms with Gasteiger partial charge < -0.3 is 5.11 Å². The third-order valence-electron chi connectivity index (χ3n) is 3.28. The molecule has 0 spiro atoms. The van der Waals surface area contributed by atoms with Crippen molar-refractivity contribution < 1.29 is 18.3 Å². The lowest BCUT2D eigenvalue weighted by molar-refractivity contribution is -0.139. The zero-order valence-corrected chi connectivity index (χ0v) is 13.5. The summed E-state index contributed by atoms with van der Waals surface area (Å²) in [5, 5.41) is 13.1. The fourth-order valence-electron chi connectivity index (χ4n) is 2.12. The molecule has 124 valence electrons. The van der Waals surface area contributed by atoms with Crippen molar-refractivity contribution in [1.29, 1.82) is 0 Å². The summed E-state index contributed by atoms with van der Waals surface area (Å²) in [7, 11) is -3.91. The van der Waals surface area contributed by atoms with E-state index in [2.05, 4.69) is 9.82 Å². The molecule has 1 aromatic carbocycles. The van der Waals surface area contributed by atoms with Gasteiger partial charge in [0, 0.05) is 6.20 Å². The van der Waals surface area contributed by atoms with Crippen LogP contribution in [0.2, 0.25) is 0 Å². The molecule has 0 radical (unpaired) electrons.